The van der Waals surface area contributed by atoms with Crippen LogP contribution in [0.2, 0.25) is 5.02 Å². The molecule has 1 amide bonds. The Hall–Kier alpha value is -1.02. The highest BCUT2D eigenvalue weighted by Gasteiger charge is 2.15. The molecule has 1 aromatic carbocycles. The molecule has 0 aliphatic carbocycles. The first-order valence-electron chi connectivity index (χ1n) is 4.81. The number of benzene rings is 1. The van der Waals surface area contributed by atoms with Crippen LogP contribution in [0.5, 0.6) is 5.75 Å². The van der Waals surface area contributed by atoms with Crippen LogP contribution in [-0.4, -0.2) is 28.3 Å². The molecule has 0 fully saturated rings. The van der Waals surface area contributed by atoms with Gasteiger partial charge in [-0.15, -0.1) is 0 Å². The van der Waals surface area contributed by atoms with Crippen molar-refractivity contribution < 1.29 is 23.6 Å². The average molecular weight is 363 g/mol. The second kappa shape index (κ2) is 9.02. The van der Waals surface area contributed by atoms with E-state index in [1.807, 2.05) is 0 Å². The zero-order valence-electron chi connectivity index (χ0n) is 10.3. The topological polar surface area (TPSA) is 92.7 Å². The summed E-state index contributed by atoms with van der Waals surface area (Å²) in [5.41, 5.74) is 0.262. The number of halogens is 3. The van der Waals surface area contributed by atoms with Gasteiger partial charge in [0.1, 0.15) is 11.3 Å². The maximum Gasteiger partial charge on any atom is 0.339 e. The summed E-state index contributed by atoms with van der Waals surface area (Å²) in [4.78, 5) is 21.7. The molecule has 0 bridgehead atoms. The maximum atomic E-state index is 10.9. The molecule has 1 rings (SSSR count). The lowest BCUT2D eigenvalue weighted by Crippen LogP contribution is -2.08. The minimum Gasteiger partial charge on any atom is -0.496 e. The number of ether oxygens (including phenoxy) is 1. The molecular formula is C10H10Cl3NO5S. The van der Waals surface area contributed by atoms with Crippen LogP contribution in [0.15, 0.2) is 12.1 Å². The third-order valence-electron chi connectivity index (χ3n) is 1.83. The standard InChI is InChI=1S/C10H10ClNO4.Cl2OS/c1-5(13)12-8-4-9(16-2)6(10(14)15)3-7(8)11;1-4(2)3/h3-4H,1-2H3,(H,12,13)(H,14,15);. The van der Waals surface area contributed by atoms with Gasteiger partial charge in [-0.3, -0.25) is 4.79 Å². The van der Waals surface area contributed by atoms with Gasteiger partial charge in [-0.1, -0.05) is 11.6 Å². The number of carbonyl (C=O) groups excluding carboxylic acids is 1. The number of amides is 1. The van der Waals surface area contributed by atoms with Gasteiger partial charge in [0.05, 0.1) is 17.8 Å². The first-order chi connectivity index (χ1) is 9.18. The largest absolute Gasteiger partial charge is 0.496 e. The Morgan fingerprint density at radius 1 is 1.35 bits per heavy atom. The van der Waals surface area contributed by atoms with Crippen molar-refractivity contribution in [2.24, 2.45) is 0 Å². The van der Waals surface area contributed by atoms with Crippen LogP contribution in [0.4, 0.5) is 5.69 Å². The minimum atomic E-state index is -1.67. The van der Waals surface area contributed by atoms with Gasteiger partial charge in [-0.2, -0.15) is 0 Å². The van der Waals surface area contributed by atoms with E-state index in [0.29, 0.717) is 5.69 Å². The zero-order valence-corrected chi connectivity index (χ0v) is 13.4. The van der Waals surface area contributed by atoms with E-state index in [2.05, 4.69) is 26.7 Å². The molecule has 1 aromatic rings. The average Bonchev–Trinajstić information content (AvgIpc) is 2.29. The Labute approximate surface area is 131 Å². The number of carboxylic acids is 1. The summed E-state index contributed by atoms with van der Waals surface area (Å²) in [6.07, 6.45) is 0. The molecule has 6 nitrogen and oxygen atoms in total. The first kappa shape index (κ1) is 19.0. The smallest absolute Gasteiger partial charge is 0.339 e. The molecule has 20 heavy (non-hydrogen) atoms. The van der Waals surface area contributed by atoms with Crippen molar-refractivity contribution in [1.29, 1.82) is 0 Å². The van der Waals surface area contributed by atoms with Gasteiger partial charge < -0.3 is 15.2 Å². The Bertz CT molecular complexity index is 534. The fraction of sp³-hybridized carbons (Fsp3) is 0.200. The monoisotopic (exact) mass is 361 g/mol. The van der Waals surface area contributed by atoms with Crippen molar-refractivity contribution in [3.63, 3.8) is 0 Å². The normalized spacial score (nSPS) is 9.50. The summed E-state index contributed by atoms with van der Waals surface area (Å²) in [6, 6.07) is 2.60. The van der Waals surface area contributed by atoms with E-state index < -0.39 is 15.2 Å². The van der Waals surface area contributed by atoms with Crippen molar-refractivity contribution in [2.75, 3.05) is 12.4 Å². The first-order valence-corrected chi connectivity index (χ1v) is 7.99. The molecule has 0 radical (unpaired) electrons. The van der Waals surface area contributed by atoms with Crippen molar-refractivity contribution in [3.05, 3.63) is 22.7 Å². The van der Waals surface area contributed by atoms with Crippen molar-refractivity contribution in [3.8, 4) is 5.75 Å². The molecule has 10 heteroatoms. The van der Waals surface area contributed by atoms with Gasteiger partial charge in [0.25, 0.3) is 0 Å². The molecule has 0 aliphatic heterocycles. The highest BCUT2D eigenvalue weighted by molar-refractivity contribution is 8.26. The van der Waals surface area contributed by atoms with Crippen molar-refractivity contribution >= 4 is 59.8 Å². The van der Waals surface area contributed by atoms with Crippen LogP contribution in [0, 0.1) is 0 Å². The Balaban J connectivity index is 0.000000796. The summed E-state index contributed by atoms with van der Waals surface area (Å²) in [5.74, 6) is -1.30. The number of carboxylic acid groups (broad SMARTS) is 1. The lowest BCUT2D eigenvalue weighted by atomic mass is 10.2. The number of anilines is 1. The molecule has 0 spiro atoms. The summed E-state index contributed by atoms with van der Waals surface area (Å²) < 4.78 is 14.0. The summed E-state index contributed by atoms with van der Waals surface area (Å²) in [5, 5.41) is 11.5. The lowest BCUT2D eigenvalue weighted by molar-refractivity contribution is -0.114. The van der Waals surface area contributed by atoms with E-state index in [9.17, 15) is 9.59 Å². The highest BCUT2D eigenvalue weighted by Crippen LogP contribution is 2.30. The van der Waals surface area contributed by atoms with Crippen LogP contribution >= 0.6 is 33.0 Å². The number of methoxy groups -OCH3 is 1. The van der Waals surface area contributed by atoms with Crippen LogP contribution in [0.3, 0.4) is 0 Å². The van der Waals surface area contributed by atoms with Gasteiger partial charge in [0.15, 0.2) is 0 Å². The SMILES string of the molecule is COc1cc(NC(C)=O)c(Cl)cc1C(=O)O.O=S(Cl)Cl. The predicted molar refractivity (Wildman–Crippen MR) is 79.1 cm³/mol. The van der Waals surface area contributed by atoms with Crippen LogP contribution in [0.25, 0.3) is 0 Å². The number of aromatic carboxylic acids is 1. The Morgan fingerprint density at radius 3 is 2.20 bits per heavy atom. The third kappa shape index (κ3) is 6.95. The fourth-order valence-electron chi connectivity index (χ4n) is 1.17. The molecule has 0 heterocycles. The number of rotatable bonds is 3. The maximum absolute atomic E-state index is 10.9. The van der Waals surface area contributed by atoms with E-state index in [0.717, 1.165) is 0 Å². The van der Waals surface area contributed by atoms with Gasteiger partial charge in [-0.25, -0.2) is 9.00 Å². The number of hydrogen-bond donors (Lipinski definition) is 2. The highest BCUT2D eigenvalue weighted by atomic mass is 36.0. The number of carbonyl (C=O) groups is 2. The van der Waals surface area contributed by atoms with Gasteiger partial charge in [0.2, 0.25) is 15.1 Å². The third-order valence-corrected chi connectivity index (χ3v) is 2.14. The summed E-state index contributed by atoms with van der Waals surface area (Å²) in [7, 11) is 8.70. The van der Waals surface area contributed by atoms with E-state index in [-0.39, 0.29) is 22.2 Å². The second-order valence-electron chi connectivity index (χ2n) is 3.20. The molecule has 0 atom stereocenters. The van der Waals surface area contributed by atoms with E-state index in [4.69, 9.17) is 25.7 Å². The van der Waals surface area contributed by atoms with Crippen LogP contribution in [0.1, 0.15) is 17.3 Å². The molecule has 0 aliphatic rings. The molecule has 0 aromatic heterocycles. The van der Waals surface area contributed by atoms with Crippen LogP contribution < -0.4 is 10.1 Å². The number of hydrogen-bond acceptors (Lipinski definition) is 4. The van der Waals surface area contributed by atoms with E-state index in [1.54, 1.807) is 0 Å². The molecule has 112 valence electrons. The van der Waals surface area contributed by atoms with Gasteiger partial charge in [0, 0.05) is 34.4 Å². The van der Waals surface area contributed by atoms with Crippen LogP contribution in [-0.2, 0) is 14.0 Å². The van der Waals surface area contributed by atoms with Gasteiger partial charge in [-0.05, 0) is 6.07 Å². The molecule has 0 unspecified atom stereocenters. The Kier molecular flexibility index (Phi) is 8.56. The van der Waals surface area contributed by atoms with Crippen molar-refractivity contribution in [2.45, 2.75) is 6.92 Å². The lowest BCUT2D eigenvalue weighted by Gasteiger charge is -2.10. The van der Waals surface area contributed by atoms with E-state index in [1.165, 1.54) is 26.2 Å². The summed E-state index contributed by atoms with van der Waals surface area (Å²) >= 11 is 5.81. The zero-order chi connectivity index (χ0) is 15.9. The van der Waals surface area contributed by atoms with Crippen molar-refractivity contribution in [1.82, 2.24) is 0 Å². The number of nitrogens with one attached hydrogen (secondary N) is 1. The van der Waals surface area contributed by atoms with E-state index >= 15 is 0 Å². The molecular weight excluding hydrogens is 353 g/mol. The quantitative estimate of drug-likeness (QED) is 0.806. The predicted octanol–water partition coefficient (Wildman–Crippen LogP) is 3.05. The molecule has 2 N–H and O–H groups in total. The Morgan fingerprint density at radius 2 is 1.85 bits per heavy atom. The van der Waals surface area contributed by atoms with Gasteiger partial charge >= 0.3 is 5.97 Å². The molecule has 0 saturated carbocycles. The fourth-order valence-corrected chi connectivity index (χ4v) is 1.39. The minimum absolute atomic E-state index is 0.0541. The summed E-state index contributed by atoms with van der Waals surface area (Å²) in [6.45, 7) is 1.33. The molecule has 0 saturated heterocycles. The second-order valence-corrected chi connectivity index (χ2v) is 6.13.